The van der Waals surface area contributed by atoms with Crippen molar-refractivity contribution in [1.29, 1.82) is 0 Å². The lowest BCUT2D eigenvalue weighted by molar-refractivity contribution is -0.120. The van der Waals surface area contributed by atoms with Crippen molar-refractivity contribution in [3.05, 3.63) is 54.1 Å². The molecule has 8 nitrogen and oxygen atoms in total. The number of para-hydroxylation sites is 1. The van der Waals surface area contributed by atoms with Crippen LogP contribution >= 0.6 is 0 Å². The smallest absolute Gasteiger partial charge is 0.248 e. The van der Waals surface area contributed by atoms with Gasteiger partial charge in [-0.2, -0.15) is 4.80 Å². The summed E-state index contributed by atoms with van der Waals surface area (Å²) >= 11 is 0. The standard InChI is InChI=1S/C24H28N6O2/c1-2-17-12-14-19(15-13-17)25-22(31)16-30-28-23(27-29-30)20-10-6-7-11-21(20)26-24(32)18-8-4-3-5-9-18/h6-7,10-15,18H,2-5,8-9,16H2,1H3,(H,25,31)(H,26,32). The van der Waals surface area contributed by atoms with E-state index in [-0.39, 0.29) is 24.3 Å². The Hall–Kier alpha value is -3.55. The maximum absolute atomic E-state index is 12.7. The molecule has 8 heteroatoms. The van der Waals surface area contributed by atoms with E-state index in [4.69, 9.17) is 0 Å². The molecular formula is C24H28N6O2. The van der Waals surface area contributed by atoms with Gasteiger partial charge in [-0.3, -0.25) is 9.59 Å². The number of carbonyl (C=O) groups excluding carboxylic acids is 2. The highest BCUT2D eigenvalue weighted by molar-refractivity contribution is 5.96. The van der Waals surface area contributed by atoms with Gasteiger partial charge in [-0.1, -0.05) is 50.5 Å². The van der Waals surface area contributed by atoms with Gasteiger partial charge in [0.25, 0.3) is 0 Å². The molecule has 0 bridgehead atoms. The number of rotatable bonds is 7. The van der Waals surface area contributed by atoms with Crippen LogP contribution in [-0.2, 0) is 22.6 Å². The summed E-state index contributed by atoms with van der Waals surface area (Å²) in [6, 6.07) is 15.1. The summed E-state index contributed by atoms with van der Waals surface area (Å²) in [7, 11) is 0. The third-order valence-electron chi connectivity index (χ3n) is 5.79. The monoisotopic (exact) mass is 432 g/mol. The number of nitrogens with one attached hydrogen (secondary N) is 2. The molecule has 1 saturated carbocycles. The number of hydrogen-bond donors (Lipinski definition) is 2. The van der Waals surface area contributed by atoms with E-state index < -0.39 is 0 Å². The van der Waals surface area contributed by atoms with Crippen LogP contribution in [-0.4, -0.2) is 32.0 Å². The number of benzene rings is 2. The fraction of sp³-hybridized carbons (Fsp3) is 0.375. The van der Waals surface area contributed by atoms with Gasteiger partial charge in [-0.25, -0.2) is 0 Å². The Balaban J connectivity index is 1.41. The minimum atomic E-state index is -0.239. The molecule has 3 aromatic rings. The highest BCUT2D eigenvalue weighted by Gasteiger charge is 2.22. The van der Waals surface area contributed by atoms with Crippen molar-refractivity contribution in [2.75, 3.05) is 10.6 Å². The Morgan fingerprint density at radius 1 is 1.00 bits per heavy atom. The summed E-state index contributed by atoms with van der Waals surface area (Å²) < 4.78 is 0. The lowest BCUT2D eigenvalue weighted by Gasteiger charge is -2.21. The Bertz CT molecular complexity index is 1070. The van der Waals surface area contributed by atoms with Gasteiger partial charge in [0.1, 0.15) is 6.54 Å². The van der Waals surface area contributed by atoms with E-state index in [2.05, 4.69) is 33.0 Å². The van der Waals surface area contributed by atoms with E-state index in [1.165, 1.54) is 16.8 Å². The first-order valence-electron chi connectivity index (χ1n) is 11.2. The third kappa shape index (κ3) is 5.38. The van der Waals surface area contributed by atoms with E-state index in [0.717, 1.165) is 37.8 Å². The number of aromatic nitrogens is 4. The van der Waals surface area contributed by atoms with Crippen molar-refractivity contribution in [2.24, 2.45) is 5.92 Å². The van der Waals surface area contributed by atoms with Crippen LogP contribution in [0.1, 0.15) is 44.6 Å². The van der Waals surface area contributed by atoms with Crippen molar-refractivity contribution >= 4 is 23.2 Å². The molecule has 0 spiro atoms. The van der Waals surface area contributed by atoms with Gasteiger partial charge in [-0.05, 0) is 54.3 Å². The van der Waals surface area contributed by atoms with Crippen molar-refractivity contribution in [3.8, 4) is 11.4 Å². The number of anilines is 2. The molecule has 2 aromatic carbocycles. The van der Waals surface area contributed by atoms with Gasteiger partial charge in [0.2, 0.25) is 17.6 Å². The summed E-state index contributed by atoms with van der Waals surface area (Å²) in [6.07, 6.45) is 6.20. The van der Waals surface area contributed by atoms with Crippen LogP contribution in [0.2, 0.25) is 0 Å². The zero-order chi connectivity index (χ0) is 22.3. The van der Waals surface area contributed by atoms with E-state index >= 15 is 0 Å². The second-order valence-corrected chi connectivity index (χ2v) is 8.11. The highest BCUT2D eigenvalue weighted by Crippen LogP contribution is 2.28. The Labute approximate surface area is 187 Å². The van der Waals surface area contributed by atoms with Gasteiger partial charge < -0.3 is 10.6 Å². The summed E-state index contributed by atoms with van der Waals surface area (Å²) in [5.41, 5.74) is 3.27. The van der Waals surface area contributed by atoms with E-state index in [1.54, 1.807) is 0 Å². The fourth-order valence-corrected chi connectivity index (χ4v) is 3.96. The van der Waals surface area contributed by atoms with E-state index in [0.29, 0.717) is 17.1 Å². The maximum atomic E-state index is 12.7. The van der Waals surface area contributed by atoms with Gasteiger partial charge in [0.05, 0.1) is 5.69 Å². The topological polar surface area (TPSA) is 102 Å². The number of tetrazole rings is 1. The molecule has 32 heavy (non-hydrogen) atoms. The van der Waals surface area contributed by atoms with E-state index in [1.807, 2.05) is 48.5 Å². The molecule has 2 N–H and O–H groups in total. The zero-order valence-corrected chi connectivity index (χ0v) is 18.3. The average Bonchev–Trinajstić information content (AvgIpc) is 3.28. The molecule has 0 atom stereocenters. The number of carbonyl (C=O) groups is 2. The normalized spacial score (nSPS) is 14.2. The second-order valence-electron chi connectivity index (χ2n) is 8.11. The predicted octanol–water partition coefficient (Wildman–Crippen LogP) is 4.06. The largest absolute Gasteiger partial charge is 0.325 e. The molecular weight excluding hydrogens is 404 g/mol. The van der Waals surface area contributed by atoms with Crippen LogP contribution in [0.15, 0.2) is 48.5 Å². The van der Waals surface area contributed by atoms with Crippen LogP contribution in [0, 0.1) is 5.92 Å². The minimum absolute atomic E-state index is 0.0398. The van der Waals surface area contributed by atoms with Crippen molar-refractivity contribution < 1.29 is 9.59 Å². The van der Waals surface area contributed by atoms with Gasteiger partial charge in [-0.15, -0.1) is 10.2 Å². The summed E-state index contributed by atoms with van der Waals surface area (Å²) in [4.78, 5) is 26.3. The molecule has 1 aliphatic carbocycles. The molecule has 166 valence electrons. The van der Waals surface area contributed by atoms with Gasteiger partial charge in [0, 0.05) is 17.2 Å². The minimum Gasteiger partial charge on any atom is -0.325 e. The summed E-state index contributed by atoms with van der Waals surface area (Å²) in [5.74, 6) is 0.218. The lowest BCUT2D eigenvalue weighted by Crippen LogP contribution is -2.25. The first kappa shape index (κ1) is 21.7. The maximum Gasteiger partial charge on any atom is 0.248 e. The number of aryl methyl sites for hydroxylation is 1. The first-order valence-corrected chi connectivity index (χ1v) is 11.2. The van der Waals surface area contributed by atoms with E-state index in [9.17, 15) is 9.59 Å². The Morgan fingerprint density at radius 3 is 2.50 bits per heavy atom. The molecule has 0 unspecified atom stereocenters. The zero-order valence-electron chi connectivity index (χ0n) is 18.3. The summed E-state index contributed by atoms with van der Waals surface area (Å²) in [6.45, 7) is 2.03. The fourth-order valence-electron chi connectivity index (χ4n) is 3.96. The molecule has 4 rings (SSSR count). The molecule has 0 radical (unpaired) electrons. The SMILES string of the molecule is CCc1ccc(NC(=O)Cn2nnc(-c3ccccc3NC(=O)C3CCCCC3)n2)cc1. The molecule has 2 amide bonds. The average molecular weight is 433 g/mol. The number of hydrogen-bond acceptors (Lipinski definition) is 5. The predicted molar refractivity (Wildman–Crippen MR) is 123 cm³/mol. The first-order chi connectivity index (χ1) is 15.6. The van der Waals surface area contributed by atoms with Crippen molar-refractivity contribution in [2.45, 2.75) is 52.0 Å². The molecule has 1 fully saturated rings. The quantitative estimate of drug-likeness (QED) is 0.586. The molecule has 1 heterocycles. The van der Waals surface area contributed by atoms with Gasteiger partial charge >= 0.3 is 0 Å². The van der Waals surface area contributed by atoms with Crippen LogP contribution in [0.3, 0.4) is 0 Å². The van der Waals surface area contributed by atoms with Crippen molar-refractivity contribution in [3.63, 3.8) is 0 Å². The second kappa shape index (κ2) is 10.2. The Kier molecular flexibility index (Phi) is 6.89. The van der Waals surface area contributed by atoms with Crippen LogP contribution in [0.5, 0.6) is 0 Å². The number of amides is 2. The summed E-state index contributed by atoms with van der Waals surface area (Å²) in [5, 5.41) is 18.3. The highest BCUT2D eigenvalue weighted by atomic mass is 16.2. The van der Waals surface area contributed by atoms with Crippen molar-refractivity contribution in [1.82, 2.24) is 20.2 Å². The molecule has 0 saturated heterocycles. The third-order valence-corrected chi connectivity index (χ3v) is 5.79. The molecule has 1 aliphatic rings. The number of nitrogens with zero attached hydrogens (tertiary/aromatic N) is 4. The molecule has 1 aromatic heterocycles. The lowest BCUT2D eigenvalue weighted by atomic mass is 9.88. The van der Waals surface area contributed by atoms with Crippen LogP contribution in [0.25, 0.3) is 11.4 Å². The molecule has 0 aliphatic heterocycles. The van der Waals surface area contributed by atoms with Gasteiger partial charge in [0.15, 0.2) is 0 Å². The van der Waals surface area contributed by atoms with Crippen LogP contribution < -0.4 is 10.6 Å². The van der Waals surface area contributed by atoms with Crippen LogP contribution in [0.4, 0.5) is 11.4 Å². The Morgan fingerprint density at radius 2 is 1.75 bits per heavy atom.